The summed E-state index contributed by atoms with van der Waals surface area (Å²) in [5, 5.41) is 10.5. The Morgan fingerprint density at radius 2 is 1.71 bits per heavy atom. The fourth-order valence-electron chi connectivity index (χ4n) is 2.12. The Kier molecular flexibility index (Phi) is 3.30. The van der Waals surface area contributed by atoms with Gasteiger partial charge in [0.05, 0.1) is 5.60 Å². The van der Waals surface area contributed by atoms with E-state index in [0.717, 1.165) is 5.56 Å². The van der Waals surface area contributed by atoms with Gasteiger partial charge in [0, 0.05) is 6.42 Å². The van der Waals surface area contributed by atoms with Crippen molar-refractivity contribution in [1.29, 1.82) is 0 Å². The first kappa shape index (κ1) is 11.9. The summed E-state index contributed by atoms with van der Waals surface area (Å²) in [4.78, 5) is 0. The number of aryl methyl sites for hydroxylation is 1. The minimum atomic E-state index is -0.810. The molecule has 1 nitrogen and oxygen atoms in total. The van der Waals surface area contributed by atoms with Crippen molar-refractivity contribution in [2.24, 2.45) is 0 Å². The molecular weight excluding hydrogens is 208 g/mol. The molecule has 88 valence electrons. The van der Waals surface area contributed by atoms with Crippen LogP contribution >= 0.6 is 0 Å². The van der Waals surface area contributed by atoms with Gasteiger partial charge in [0.25, 0.3) is 0 Å². The lowest BCUT2D eigenvalue weighted by Crippen LogP contribution is -2.24. The molecule has 0 amide bonds. The first-order valence-electron chi connectivity index (χ1n) is 5.91. The summed E-state index contributed by atoms with van der Waals surface area (Å²) in [7, 11) is 0. The summed E-state index contributed by atoms with van der Waals surface area (Å²) in [6, 6.07) is 18.1. The zero-order valence-corrected chi connectivity index (χ0v) is 10.4. The molecule has 1 N–H and O–H groups in total. The van der Waals surface area contributed by atoms with Gasteiger partial charge < -0.3 is 5.11 Å². The third-order valence-corrected chi connectivity index (χ3v) is 3.03. The molecule has 17 heavy (non-hydrogen) atoms. The number of hydrogen-bond donors (Lipinski definition) is 1. The van der Waals surface area contributed by atoms with Crippen LogP contribution in [-0.4, -0.2) is 5.11 Å². The summed E-state index contributed by atoms with van der Waals surface area (Å²) in [6.45, 7) is 3.94. The Morgan fingerprint density at radius 1 is 1.00 bits per heavy atom. The predicted octanol–water partition coefficient (Wildman–Crippen LogP) is 3.45. The Bertz CT molecular complexity index is 486. The zero-order chi connectivity index (χ0) is 12.3. The minimum Gasteiger partial charge on any atom is -0.385 e. The Morgan fingerprint density at radius 3 is 2.35 bits per heavy atom. The van der Waals surface area contributed by atoms with Gasteiger partial charge in [0.2, 0.25) is 0 Å². The molecule has 1 unspecified atom stereocenters. The second-order valence-electron chi connectivity index (χ2n) is 4.81. The molecule has 2 rings (SSSR count). The van der Waals surface area contributed by atoms with Gasteiger partial charge >= 0.3 is 0 Å². The highest BCUT2D eigenvalue weighted by molar-refractivity contribution is 5.28. The quantitative estimate of drug-likeness (QED) is 0.850. The summed E-state index contributed by atoms with van der Waals surface area (Å²) in [6.07, 6.45) is 0.638. The van der Waals surface area contributed by atoms with E-state index in [1.165, 1.54) is 11.1 Å². The molecule has 0 aliphatic carbocycles. The van der Waals surface area contributed by atoms with Gasteiger partial charge in [-0.3, -0.25) is 0 Å². The van der Waals surface area contributed by atoms with Gasteiger partial charge in [0.15, 0.2) is 0 Å². The van der Waals surface area contributed by atoms with Crippen molar-refractivity contribution in [3.8, 4) is 0 Å². The molecule has 0 saturated heterocycles. The van der Waals surface area contributed by atoms with E-state index >= 15 is 0 Å². The van der Waals surface area contributed by atoms with Gasteiger partial charge in [-0.15, -0.1) is 0 Å². The maximum absolute atomic E-state index is 10.5. The topological polar surface area (TPSA) is 20.2 Å². The number of aliphatic hydroxyl groups is 1. The van der Waals surface area contributed by atoms with Crippen LogP contribution in [0.2, 0.25) is 0 Å². The third kappa shape index (κ3) is 2.95. The first-order valence-corrected chi connectivity index (χ1v) is 5.91. The molecule has 0 bridgehead atoms. The summed E-state index contributed by atoms with van der Waals surface area (Å²) >= 11 is 0. The molecule has 2 aromatic rings. The van der Waals surface area contributed by atoms with Crippen LogP contribution in [0.3, 0.4) is 0 Å². The second-order valence-corrected chi connectivity index (χ2v) is 4.81. The van der Waals surface area contributed by atoms with Crippen LogP contribution in [0.5, 0.6) is 0 Å². The molecule has 0 fully saturated rings. The molecule has 0 radical (unpaired) electrons. The van der Waals surface area contributed by atoms with E-state index in [-0.39, 0.29) is 0 Å². The van der Waals surface area contributed by atoms with Crippen molar-refractivity contribution in [3.05, 3.63) is 71.3 Å². The fourth-order valence-corrected chi connectivity index (χ4v) is 2.12. The molecule has 0 heterocycles. The molecule has 0 spiro atoms. The molecule has 0 aliphatic heterocycles. The van der Waals surface area contributed by atoms with Gasteiger partial charge in [-0.25, -0.2) is 0 Å². The lowest BCUT2D eigenvalue weighted by Gasteiger charge is -2.24. The van der Waals surface area contributed by atoms with Crippen molar-refractivity contribution in [1.82, 2.24) is 0 Å². The molecule has 1 heteroatoms. The predicted molar refractivity (Wildman–Crippen MR) is 70.9 cm³/mol. The average molecular weight is 226 g/mol. The van der Waals surface area contributed by atoms with Gasteiger partial charge in [0.1, 0.15) is 0 Å². The van der Waals surface area contributed by atoms with Crippen molar-refractivity contribution in [2.45, 2.75) is 25.9 Å². The van der Waals surface area contributed by atoms with Crippen LogP contribution in [0.4, 0.5) is 0 Å². The highest BCUT2D eigenvalue weighted by Crippen LogP contribution is 2.25. The fraction of sp³-hybridized carbons (Fsp3) is 0.250. The van der Waals surface area contributed by atoms with E-state index in [1.54, 1.807) is 0 Å². The van der Waals surface area contributed by atoms with E-state index in [2.05, 4.69) is 25.1 Å². The summed E-state index contributed by atoms with van der Waals surface area (Å²) in [5.41, 5.74) is 2.54. The van der Waals surface area contributed by atoms with E-state index in [1.807, 2.05) is 43.3 Å². The SMILES string of the molecule is Cc1cccc(CC(C)(O)c2ccccc2)c1. The van der Waals surface area contributed by atoms with Gasteiger partial charge in [-0.05, 0) is 25.0 Å². The van der Waals surface area contributed by atoms with Crippen molar-refractivity contribution < 1.29 is 5.11 Å². The lowest BCUT2D eigenvalue weighted by molar-refractivity contribution is 0.0576. The van der Waals surface area contributed by atoms with Gasteiger partial charge in [-0.1, -0.05) is 60.2 Å². The Hall–Kier alpha value is -1.60. The van der Waals surface area contributed by atoms with Crippen molar-refractivity contribution in [2.75, 3.05) is 0 Å². The molecule has 0 aromatic heterocycles. The highest BCUT2D eigenvalue weighted by atomic mass is 16.3. The summed E-state index contributed by atoms with van der Waals surface area (Å²) in [5.74, 6) is 0. The maximum Gasteiger partial charge on any atom is 0.0908 e. The smallest absolute Gasteiger partial charge is 0.0908 e. The normalized spacial score (nSPS) is 14.3. The zero-order valence-electron chi connectivity index (χ0n) is 10.4. The van der Waals surface area contributed by atoms with Crippen LogP contribution in [0.1, 0.15) is 23.6 Å². The van der Waals surface area contributed by atoms with Crippen LogP contribution < -0.4 is 0 Å². The van der Waals surface area contributed by atoms with Crippen LogP contribution in [-0.2, 0) is 12.0 Å². The Balaban J connectivity index is 2.23. The first-order chi connectivity index (χ1) is 8.08. The minimum absolute atomic E-state index is 0.638. The maximum atomic E-state index is 10.5. The standard InChI is InChI=1S/C16H18O/c1-13-7-6-8-14(11-13)12-16(2,17)15-9-4-3-5-10-15/h3-11,17H,12H2,1-2H3. The second kappa shape index (κ2) is 4.72. The van der Waals surface area contributed by atoms with E-state index in [4.69, 9.17) is 0 Å². The van der Waals surface area contributed by atoms with Gasteiger partial charge in [-0.2, -0.15) is 0 Å². The van der Waals surface area contributed by atoms with Crippen LogP contribution in [0, 0.1) is 6.92 Å². The molecule has 0 saturated carbocycles. The lowest BCUT2D eigenvalue weighted by atomic mass is 9.89. The summed E-state index contributed by atoms with van der Waals surface area (Å²) < 4.78 is 0. The molecule has 1 atom stereocenters. The third-order valence-electron chi connectivity index (χ3n) is 3.03. The van der Waals surface area contributed by atoms with Crippen LogP contribution in [0.25, 0.3) is 0 Å². The number of hydrogen-bond acceptors (Lipinski definition) is 1. The van der Waals surface area contributed by atoms with E-state index in [0.29, 0.717) is 6.42 Å². The van der Waals surface area contributed by atoms with E-state index < -0.39 is 5.60 Å². The van der Waals surface area contributed by atoms with Crippen LogP contribution in [0.15, 0.2) is 54.6 Å². The average Bonchev–Trinajstić information content (AvgIpc) is 2.29. The molecule has 2 aromatic carbocycles. The molecular formula is C16H18O. The van der Waals surface area contributed by atoms with E-state index in [9.17, 15) is 5.11 Å². The van der Waals surface area contributed by atoms with Crippen molar-refractivity contribution >= 4 is 0 Å². The highest BCUT2D eigenvalue weighted by Gasteiger charge is 2.22. The Labute approximate surface area is 103 Å². The number of benzene rings is 2. The van der Waals surface area contributed by atoms with Crippen molar-refractivity contribution in [3.63, 3.8) is 0 Å². The number of rotatable bonds is 3. The molecule has 0 aliphatic rings. The largest absolute Gasteiger partial charge is 0.385 e. The monoisotopic (exact) mass is 226 g/mol.